The Morgan fingerprint density at radius 2 is 2.50 bits per heavy atom. The Balaban J connectivity index is 2.15. The molecule has 1 aliphatic rings. The molecule has 0 bridgehead atoms. The van der Waals surface area contributed by atoms with E-state index in [1.54, 1.807) is 6.92 Å². The third-order valence-electron chi connectivity index (χ3n) is 1.87. The molecule has 1 fully saturated rings. The summed E-state index contributed by atoms with van der Waals surface area (Å²) in [6, 6.07) is 0. The largest absolute Gasteiger partial charge is 0.355 e. The molecule has 5 nitrogen and oxygen atoms in total. The number of carbonyl (C=O) groups excluding carboxylic acids is 1. The zero-order chi connectivity index (χ0) is 8.55. The highest BCUT2D eigenvalue weighted by atomic mass is 16.5. The smallest absolute Gasteiger partial charge is 0.232 e. The van der Waals surface area contributed by atoms with E-state index < -0.39 is 0 Å². The molecular weight excluding hydrogens is 158 g/mol. The lowest BCUT2D eigenvalue weighted by molar-refractivity contribution is -0.119. The zero-order valence-electron chi connectivity index (χ0n) is 6.70. The number of aromatic nitrogens is 2. The summed E-state index contributed by atoms with van der Waals surface area (Å²) in [5.74, 6) is 1.30. The van der Waals surface area contributed by atoms with E-state index in [1.807, 2.05) is 0 Å². The van der Waals surface area contributed by atoms with Crippen LogP contribution >= 0.6 is 0 Å². The number of amides is 1. The number of hydrogen-bond acceptors (Lipinski definition) is 4. The Labute approximate surface area is 69.1 Å². The van der Waals surface area contributed by atoms with Gasteiger partial charge in [-0.25, -0.2) is 0 Å². The third-order valence-corrected chi connectivity index (χ3v) is 1.87. The second kappa shape index (κ2) is 2.58. The van der Waals surface area contributed by atoms with Crippen molar-refractivity contribution in [2.24, 2.45) is 0 Å². The van der Waals surface area contributed by atoms with E-state index >= 15 is 0 Å². The second-order valence-electron chi connectivity index (χ2n) is 2.88. The van der Waals surface area contributed by atoms with Gasteiger partial charge in [0.05, 0.1) is 5.92 Å². The molecular formula is C7H9N3O2. The number of hydrogen-bond donors (Lipinski definition) is 1. The molecule has 0 unspecified atom stereocenters. The SMILES string of the molecule is Cc1noc([C@@H]2CNC(=O)C2)n1. The monoisotopic (exact) mass is 167 g/mol. The molecule has 1 atom stereocenters. The van der Waals surface area contributed by atoms with Crippen molar-refractivity contribution in [2.45, 2.75) is 19.3 Å². The van der Waals surface area contributed by atoms with Gasteiger partial charge in [-0.05, 0) is 6.92 Å². The molecule has 0 radical (unpaired) electrons. The molecule has 0 aromatic carbocycles. The van der Waals surface area contributed by atoms with Crippen molar-refractivity contribution in [2.75, 3.05) is 6.54 Å². The average molecular weight is 167 g/mol. The normalized spacial score (nSPS) is 22.8. The summed E-state index contributed by atoms with van der Waals surface area (Å²) in [5, 5.41) is 6.37. The maximum atomic E-state index is 10.8. The minimum atomic E-state index is 0.0517. The van der Waals surface area contributed by atoms with Gasteiger partial charge in [-0.2, -0.15) is 4.98 Å². The van der Waals surface area contributed by atoms with E-state index in [1.165, 1.54) is 0 Å². The molecule has 0 saturated carbocycles. The molecule has 5 heteroatoms. The molecule has 1 saturated heterocycles. The van der Waals surface area contributed by atoms with Crippen molar-refractivity contribution >= 4 is 5.91 Å². The first-order valence-corrected chi connectivity index (χ1v) is 3.82. The minimum Gasteiger partial charge on any atom is -0.355 e. The van der Waals surface area contributed by atoms with Crippen LogP contribution in [0.15, 0.2) is 4.52 Å². The van der Waals surface area contributed by atoms with Gasteiger partial charge in [0.1, 0.15) is 0 Å². The molecule has 2 rings (SSSR count). The van der Waals surface area contributed by atoms with Gasteiger partial charge in [0.25, 0.3) is 0 Å². The first-order chi connectivity index (χ1) is 5.75. The van der Waals surface area contributed by atoms with Crippen molar-refractivity contribution in [1.29, 1.82) is 0 Å². The highest BCUT2D eigenvalue weighted by molar-refractivity contribution is 5.79. The van der Waals surface area contributed by atoms with E-state index in [2.05, 4.69) is 15.5 Å². The van der Waals surface area contributed by atoms with Gasteiger partial charge in [-0.3, -0.25) is 4.79 Å². The Hall–Kier alpha value is -1.39. The van der Waals surface area contributed by atoms with Crippen LogP contribution in [0, 0.1) is 6.92 Å². The third kappa shape index (κ3) is 1.17. The summed E-state index contributed by atoms with van der Waals surface area (Å²) in [7, 11) is 0. The number of nitrogens with one attached hydrogen (secondary N) is 1. The van der Waals surface area contributed by atoms with E-state index in [0.717, 1.165) is 0 Å². The lowest BCUT2D eigenvalue weighted by Gasteiger charge is -1.96. The molecule has 0 spiro atoms. The Morgan fingerprint density at radius 1 is 1.67 bits per heavy atom. The van der Waals surface area contributed by atoms with Crippen LogP contribution in [0.3, 0.4) is 0 Å². The lowest BCUT2D eigenvalue weighted by Crippen LogP contribution is -2.13. The summed E-state index contributed by atoms with van der Waals surface area (Å²) in [4.78, 5) is 14.9. The molecule has 1 aliphatic heterocycles. The molecule has 64 valence electrons. The topological polar surface area (TPSA) is 68.0 Å². The molecule has 0 aliphatic carbocycles. The zero-order valence-corrected chi connectivity index (χ0v) is 6.70. The molecule has 1 N–H and O–H groups in total. The van der Waals surface area contributed by atoms with Gasteiger partial charge < -0.3 is 9.84 Å². The number of aryl methyl sites for hydroxylation is 1. The first-order valence-electron chi connectivity index (χ1n) is 3.82. The second-order valence-corrected chi connectivity index (χ2v) is 2.88. The Kier molecular flexibility index (Phi) is 1.56. The molecule has 12 heavy (non-hydrogen) atoms. The van der Waals surface area contributed by atoms with E-state index in [-0.39, 0.29) is 11.8 Å². The molecule has 1 amide bonds. The summed E-state index contributed by atoms with van der Waals surface area (Å²) in [5.41, 5.74) is 0. The van der Waals surface area contributed by atoms with E-state index in [0.29, 0.717) is 24.7 Å². The van der Waals surface area contributed by atoms with Crippen molar-refractivity contribution in [1.82, 2.24) is 15.5 Å². The maximum Gasteiger partial charge on any atom is 0.232 e. The standard InChI is InChI=1S/C7H9N3O2/c1-4-9-7(12-10-4)5-2-6(11)8-3-5/h5H,2-3H2,1H3,(H,8,11)/t5-/m0/s1. The maximum absolute atomic E-state index is 10.8. The van der Waals surface area contributed by atoms with Crippen LogP contribution in [-0.4, -0.2) is 22.6 Å². The van der Waals surface area contributed by atoms with Crippen LogP contribution in [0.1, 0.15) is 24.1 Å². The van der Waals surface area contributed by atoms with Crippen LogP contribution in [0.2, 0.25) is 0 Å². The van der Waals surface area contributed by atoms with Crippen LogP contribution in [0.4, 0.5) is 0 Å². The Morgan fingerprint density at radius 3 is 3.00 bits per heavy atom. The molecule has 2 heterocycles. The minimum absolute atomic E-state index is 0.0517. The van der Waals surface area contributed by atoms with Gasteiger partial charge in [0.15, 0.2) is 5.82 Å². The average Bonchev–Trinajstić information content (AvgIpc) is 2.58. The summed E-state index contributed by atoms with van der Waals surface area (Å²) in [6.07, 6.45) is 0.460. The molecule has 1 aromatic heterocycles. The highest BCUT2D eigenvalue weighted by Crippen LogP contribution is 2.20. The summed E-state index contributed by atoms with van der Waals surface area (Å²) >= 11 is 0. The van der Waals surface area contributed by atoms with E-state index in [4.69, 9.17) is 4.52 Å². The quantitative estimate of drug-likeness (QED) is 0.638. The van der Waals surface area contributed by atoms with Crippen LogP contribution < -0.4 is 5.32 Å². The first kappa shape index (κ1) is 7.27. The fourth-order valence-corrected chi connectivity index (χ4v) is 1.26. The van der Waals surface area contributed by atoms with Crippen molar-refractivity contribution in [3.05, 3.63) is 11.7 Å². The number of carbonyl (C=O) groups is 1. The Bertz CT molecular complexity index is 307. The summed E-state index contributed by atoms with van der Waals surface area (Å²) in [6.45, 7) is 2.37. The fraction of sp³-hybridized carbons (Fsp3) is 0.571. The van der Waals surface area contributed by atoms with Gasteiger partial charge in [0, 0.05) is 13.0 Å². The lowest BCUT2D eigenvalue weighted by atomic mass is 10.1. The fourth-order valence-electron chi connectivity index (χ4n) is 1.26. The predicted molar refractivity (Wildman–Crippen MR) is 39.4 cm³/mol. The number of nitrogens with zero attached hydrogens (tertiary/aromatic N) is 2. The molecule has 1 aromatic rings. The van der Waals surface area contributed by atoms with Gasteiger partial charge in [0.2, 0.25) is 11.8 Å². The predicted octanol–water partition coefficient (Wildman–Crippen LogP) is -0.0185. The van der Waals surface area contributed by atoms with Gasteiger partial charge >= 0.3 is 0 Å². The van der Waals surface area contributed by atoms with Crippen molar-refractivity contribution in [3.63, 3.8) is 0 Å². The summed E-state index contributed by atoms with van der Waals surface area (Å²) < 4.78 is 4.94. The van der Waals surface area contributed by atoms with Gasteiger partial charge in [-0.1, -0.05) is 5.16 Å². The van der Waals surface area contributed by atoms with Crippen LogP contribution in [-0.2, 0) is 4.79 Å². The number of rotatable bonds is 1. The highest BCUT2D eigenvalue weighted by Gasteiger charge is 2.27. The van der Waals surface area contributed by atoms with Crippen LogP contribution in [0.5, 0.6) is 0 Å². The van der Waals surface area contributed by atoms with Gasteiger partial charge in [-0.15, -0.1) is 0 Å². The van der Waals surface area contributed by atoms with Crippen molar-refractivity contribution in [3.8, 4) is 0 Å². The van der Waals surface area contributed by atoms with E-state index in [9.17, 15) is 4.79 Å². The van der Waals surface area contributed by atoms with Crippen molar-refractivity contribution < 1.29 is 9.32 Å². The van der Waals surface area contributed by atoms with Crippen LogP contribution in [0.25, 0.3) is 0 Å².